The number of nitrogens with zero attached hydrogens (tertiary/aromatic N) is 4. The Balaban J connectivity index is 2.00. The summed E-state index contributed by atoms with van der Waals surface area (Å²) in [6.07, 6.45) is 0. The molecule has 152 valence electrons. The summed E-state index contributed by atoms with van der Waals surface area (Å²) in [7, 11) is 1.69. The first kappa shape index (κ1) is 20.2. The van der Waals surface area contributed by atoms with Crippen LogP contribution in [0.5, 0.6) is 0 Å². The van der Waals surface area contributed by atoms with Gasteiger partial charge >= 0.3 is 0 Å². The SMILES string of the molecule is COCCNC1(C)N=C(c2ccc(Cl)cc2)c2c(sc(C)c2C)-n2c(C)nnc21. The van der Waals surface area contributed by atoms with E-state index < -0.39 is 5.66 Å². The smallest absolute Gasteiger partial charge is 0.180 e. The van der Waals surface area contributed by atoms with E-state index in [4.69, 9.17) is 21.3 Å². The maximum Gasteiger partial charge on any atom is 0.180 e. The third kappa shape index (κ3) is 3.42. The van der Waals surface area contributed by atoms with Gasteiger partial charge < -0.3 is 4.74 Å². The van der Waals surface area contributed by atoms with Gasteiger partial charge in [-0.3, -0.25) is 14.9 Å². The molecule has 1 unspecified atom stereocenters. The van der Waals surface area contributed by atoms with Gasteiger partial charge in [0.25, 0.3) is 0 Å². The number of aryl methyl sites for hydroxylation is 2. The molecule has 29 heavy (non-hydrogen) atoms. The number of aliphatic imine (C=N–C) groups is 1. The fraction of sp³-hybridized carbons (Fsp3) is 0.381. The van der Waals surface area contributed by atoms with Crippen molar-refractivity contribution in [2.75, 3.05) is 20.3 Å². The zero-order valence-corrected chi connectivity index (χ0v) is 18.8. The number of aromatic nitrogens is 3. The Kier molecular flexibility index (Phi) is 5.33. The number of fused-ring (bicyclic) bond motifs is 3. The normalized spacial score (nSPS) is 18.2. The summed E-state index contributed by atoms with van der Waals surface area (Å²) in [5, 5.41) is 14.2. The van der Waals surface area contributed by atoms with E-state index in [2.05, 4.69) is 33.9 Å². The Morgan fingerprint density at radius 3 is 2.59 bits per heavy atom. The standard InChI is InChI=1S/C21H24ClN5OS/c1-12-13(2)29-19-17(12)18(15-6-8-16(22)9-7-15)24-21(4,23-10-11-28-5)20-26-25-14(3)27(19)20/h6-9,23H,10-11H2,1-5H3. The van der Waals surface area contributed by atoms with Crippen molar-refractivity contribution in [2.45, 2.75) is 33.4 Å². The maximum absolute atomic E-state index is 6.15. The molecule has 2 aromatic heterocycles. The van der Waals surface area contributed by atoms with Crippen molar-refractivity contribution in [1.82, 2.24) is 20.1 Å². The van der Waals surface area contributed by atoms with E-state index in [1.807, 2.05) is 38.1 Å². The van der Waals surface area contributed by atoms with Gasteiger partial charge in [-0.25, -0.2) is 0 Å². The summed E-state index contributed by atoms with van der Waals surface area (Å²) in [5.41, 5.74) is 3.53. The third-order valence-corrected chi connectivity index (χ3v) is 6.74. The number of benzene rings is 1. The van der Waals surface area contributed by atoms with Crippen molar-refractivity contribution in [3.63, 3.8) is 0 Å². The molecular weight excluding hydrogens is 406 g/mol. The predicted molar refractivity (Wildman–Crippen MR) is 118 cm³/mol. The molecule has 1 atom stereocenters. The lowest BCUT2D eigenvalue weighted by molar-refractivity contribution is 0.185. The molecule has 0 radical (unpaired) electrons. The molecule has 4 rings (SSSR count). The lowest BCUT2D eigenvalue weighted by Crippen LogP contribution is -2.42. The highest BCUT2D eigenvalue weighted by Crippen LogP contribution is 2.39. The Hall–Kier alpha value is -2.06. The van der Waals surface area contributed by atoms with Crippen LogP contribution in [-0.2, 0) is 10.4 Å². The van der Waals surface area contributed by atoms with Crippen LogP contribution in [0.3, 0.4) is 0 Å². The quantitative estimate of drug-likeness (QED) is 0.618. The number of methoxy groups -OCH3 is 1. The first-order valence-electron chi connectivity index (χ1n) is 9.48. The molecule has 0 aliphatic carbocycles. The molecule has 3 aromatic rings. The molecule has 0 amide bonds. The van der Waals surface area contributed by atoms with Crippen LogP contribution in [0, 0.1) is 20.8 Å². The topological polar surface area (TPSA) is 64.3 Å². The average Bonchev–Trinajstić information content (AvgIpc) is 3.18. The lowest BCUT2D eigenvalue weighted by Gasteiger charge is -2.26. The van der Waals surface area contributed by atoms with E-state index in [0.29, 0.717) is 18.2 Å². The van der Waals surface area contributed by atoms with E-state index in [1.165, 1.54) is 10.4 Å². The Bertz CT molecular complexity index is 1090. The van der Waals surface area contributed by atoms with Crippen molar-refractivity contribution in [3.05, 3.63) is 62.5 Å². The number of halogens is 1. The first-order valence-corrected chi connectivity index (χ1v) is 10.7. The zero-order valence-electron chi connectivity index (χ0n) is 17.2. The largest absolute Gasteiger partial charge is 0.383 e. The van der Waals surface area contributed by atoms with E-state index in [-0.39, 0.29) is 0 Å². The third-order valence-electron chi connectivity index (χ3n) is 5.30. The first-order chi connectivity index (χ1) is 13.9. The lowest BCUT2D eigenvalue weighted by atomic mass is 9.99. The van der Waals surface area contributed by atoms with Gasteiger partial charge in [0.15, 0.2) is 11.5 Å². The number of nitrogens with one attached hydrogen (secondary N) is 1. The van der Waals surface area contributed by atoms with Crippen LogP contribution in [0.15, 0.2) is 29.3 Å². The minimum Gasteiger partial charge on any atom is -0.383 e. The van der Waals surface area contributed by atoms with Gasteiger partial charge in [0, 0.05) is 34.7 Å². The summed E-state index contributed by atoms with van der Waals surface area (Å²) in [4.78, 5) is 6.50. The Labute approximate surface area is 179 Å². The van der Waals surface area contributed by atoms with Gasteiger partial charge in [0.2, 0.25) is 0 Å². The molecule has 0 bridgehead atoms. The van der Waals surface area contributed by atoms with Crippen molar-refractivity contribution in [3.8, 4) is 5.00 Å². The maximum atomic E-state index is 6.15. The summed E-state index contributed by atoms with van der Waals surface area (Å²) in [5.74, 6) is 1.62. The molecule has 0 saturated carbocycles. The minimum atomic E-state index is -0.756. The summed E-state index contributed by atoms with van der Waals surface area (Å²) in [6.45, 7) is 9.53. The van der Waals surface area contributed by atoms with Gasteiger partial charge in [-0.15, -0.1) is 21.5 Å². The number of rotatable bonds is 5. The highest BCUT2D eigenvalue weighted by atomic mass is 35.5. The molecule has 1 aliphatic heterocycles. The molecular formula is C21H24ClN5OS. The number of hydrogen-bond acceptors (Lipinski definition) is 6. The van der Waals surface area contributed by atoms with Crippen LogP contribution < -0.4 is 5.32 Å². The Morgan fingerprint density at radius 1 is 1.17 bits per heavy atom. The van der Waals surface area contributed by atoms with Gasteiger partial charge in [0.05, 0.1) is 12.3 Å². The summed E-state index contributed by atoms with van der Waals surface area (Å²) < 4.78 is 7.37. The van der Waals surface area contributed by atoms with Crippen molar-refractivity contribution >= 4 is 28.6 Å². The summed E-state index contributed by atoms with van der Waals surface area (Å²) >= 11 is 7.89. The highest BCUT2D eigenvalue weighted by molar-refractivity contribution is 7.15. The van der Waals surface area contributed by atoms with Crippen LogP contribution >= 0.6 is 22.9 Å². The highest BCUT2D eigenvalue weighted by Gasteiger charge is 2.38. The van der Waals surface area contributed by atoms with Crippen molar-refractivity contribution in [1.29, 1.82) is 0 Å². The van der Waals surface area contributed by atoms with Crippen LogP contribution in [-0.4, -0.2) is 40.7 Å². The van der Waals surface area contributed by atoms with E-state index in [0.717, 1.165) is 33.5 Å². The molecule has 1 aliphatic rings. The fourth-order valence-corrected chi connectivity index (χ4v) is 4.96. The van der Waals surface area contributed by atoms with E-state index >= 15 is 0 Å². The van der Waals surface area contributed by atoms with Gasteiger partial charge in [-0.05, 0) is 45.4 Å². The molecule has 1 aromatic carbocycles. The molecule has 0 saturated heterocycles. The van der Waals surface area contributed by atoms with Gasteiger partial charge in [-0.2, -0.15) is 0 Å². The minimum absolute atomic E-state index is 0.578. The second-order valence-electron chi connectivity index (χ2n) is 7.33. The zero-order chi connectivity index (χ0) is 20.8. The van der Waals surface area contributed by atoms with E-state index in [1.54, 1.807) is 18.4 Å². The summed E-state index contributed by atoms with van der Waals surface area (Å²) in [6, 6.07) is 7.84. The van der Waals surface area contributed by atoms with Crippen LogP contribution in [0.25, 0.3) is 5.00 Å². The van der Waals surface area contributed by atoms with Crippen LogP contribution in [0.4, 0.5) is 0 Å². The number of thiophene rings is 1. The predicted octanol–water partition coefficient (Wildman–Crippen LogP) is 4.17. The van der Waals surface area contributed by atoms with Crippen LogP contribution in [0.2, 0.25) is 5.02 Å². The van der Waals surface area contributed by atoms with E-state index in [9.17, 15) is 0 Å². The molecule has 1 N–H and O–H groups in total. The second kappa shape index (κ2) is 7.65. The van der Waals surface area contributed by atoms with Crippen molar-refractivity contribution in [2.24, 2.45) is 4.99 Å². The molecule has 3 heterocycles. The van der Waals surface area contributed by atoms with Crippen molar-refractivity contribution < 1.29 is 4.74 Å². The molecule has 6 nitrogen and oxygen atoms in total. The Morgan fingerprint density at radius 2 is 1.90 bits per heavy atom. The second-order valence-corrected chi connectivity index (χ2v) is 8.97. The molecule has 8 heteroatoms. The number of ether oxygens (including phenoxy) is 1. The molecule has 0 fully saturated rings. The monoisotopic (exact) mass is 429 g/mol. The number of hydrogen-bond donors (Lipinski definition) is 1. The van der Waals surface area contributed by atoms with Gasteiger partial charge in [-0.1, -0.05) is 23.7 Å². The molecule has 0 spiro atoms. The van der Waals surface area contributed by atoms with Gasteiger partial charge in [0.1, 0.15) is 10.8 Å². The van der Waals surface area contributed by atoms with Crippen LogP contribution in [0.1, 0.15) is 40.1 Å². The average molecular weight is 430 g/mol. The fourth-order valence-electron chi connectivity index (χ4n) is 3.63.